The molecule has 0 aromatic heterocycles. The zero-order chi connectivity index (χ0) is 17.9. The van der Waals surface area contributed by atoms with Crippen LogP contribution < -0.4 is 14.8 Å². The van der Waals surface area contributed by atoms with Crippen molar-refractivity contribution in [1.82, 2.24) is 5.32 Å². The number of aliphatic hydroxyl groups is 1. The van der Waals surface area contributed by atoms with E-state index in [0.29, 0.717) is 25.1 Å². The summed E-state index contributed by atoms with van der Waals surface area (Å²) in [6, 6.07) is 12.6. The second-order valence-corrected chi connectivity index (χ2v) is 6.18. The maximum Gasteiger partial charge on any atom is 0.387 e. The minimum absolute atomic E-state index is 0.121. The zero-order valence-electron chi connectivity index (χ0n) is 14.0. The van der Waals surface area contributed by atoms with Gasteiger partial charge in [-0.3, -0.25) is 0 Å². The number of alkyl halides is 2. The van der Waals surface area contributed by atoms with Crippen LogP contribution in [-0.4, -0.2) is 24.9 Å². The molecule has 1 atom stereocenters. The molecule has 0 spiro atoms. The minimum atomic E-state index is -2.88. The molecule has 0 saturated heterocycles. The van der Waals surface area contributed by atoms with Crippen molar-refractivity contribution in [3.63, 3.8) is 0 Å². The van der Waals surface area contributed by atoms with E-state index in [-0.39, 0.29) is 12.4 Å². The average Bonchev–Trinajstić information content (AvgIpc) is 2.61. The quantitative estimate of drug-likeness (QED) is 0.840. The number of rotatable bonds is 6. The largest absolute Gasteiger partial charge is 0.493 e. The molecule has 0 aliphatic carbocycles. The first kappa shape index (κ1) is 17.6. The van der Waals surface area contributed by atoms with Gasteiger partial charge in [-0.1, -0.05) is 35.9 Å². The van der Waals surface area contributed by atoms with E-state index in [2.05, 4.69) is 10.1 Å². The summed E-state index contributed by atoms with van der Waals surface area (Å²) in [5.74, 6) is 0.866. The number of ether oxygens (including phenoxy) is 2. The second kappa shape index (κ2) is 7.37. The Morgan fingerprint density at radius 3 is 2.84 bits per heavy atom. The van der Waals surface area contributed by atoms with Gasteiger partial charge in [0.15, 0.2) is 0 Å². The van der Waals surface area contributed by atoms with Gasteiger partial charge in [0.25, 0.3) is 0 Å². The summed E-state index contributed by atoms with van der Waals surface area (Å²) >= 11 is 0. The molecule has 1 heterocycles. The lowest BCUT2D eigenvalue weighted by Crippen LogP contribution is -2.48. The predicted octanol–water partition coefficient (Wildman–Crippen LogP) is 3.36. The number of aryl methyl sites for hydroxylation is 1. The lowest BCUT2D eigenvalue weighted by Gasteiger charge is -2.38. The van der Waals surface area contributed by atoms with Crippen molar-refractivity contribution in [1.29, 1.82) is 0 Å². The van der Waals surface area contributed by atoms with E-state index in [1.54, 1.807) is 18.2 Å². The molecule has 4 nitrogen and oxygen atoms in total. The van der Waals surface area contributed by atoms with Gasteiger partial charge in [-0.15, -0.1) is 0 Å². The lowest BCUT2D eigenvalue weighted by atomic mass is 9.85. The zero-order valence-corrected chi connectivity index (χ0v) is 14.0. The summed E-state index contributed by atoms with van der Waals surface area (Å²) < 4.78 is 35.5. The molecule has 0 amide bonds. The highest BCUT2D eigenvalue weighted by Gasteiger charge is 2.36. The number of benzene rings is 2. The molecule has 0 bridgehead atoms. The Balaban J connectivity index is 1.87. The Morgan fingerprint density at radius 2 is 2.08 bits per heavy atom. The van der Waals surface area contributed by atoms with Gasteiger partial charge in [0, 0.05) is 24.1 Å². The van der Waals surface area contributed by atoms with Gasteiger partial charge in [0.05, 0.1) is 18.8 Å². The summed E-state index contributed by atoms with van der Waals surface area (Å²) in [7, 11) is 0. The summed E-state index contributed by atoms with van der Waals surface area (Å²) in [4.78, 5) is 0. The van der Waals surface area contributed by atoms with E-state index in [4.69, 9.17) is 4.74 Å². The fraction of sp³-hybridized carbons (Fsp3) is 0.368. The third-order valence-electron chi connectivity index (χ3n) is 4.51. The van der Waals surface area contributed by atoms with Gasteiger partial charge in [0.1, 0.15) is 11.5 Å². The van der Waals surface area contributed by atoms with Crippen LogP contribution in [-0.2, 0) is 12.1 Å². The second-order valence-electron chi connectivity index (χ2n) is 6.18. The van der Waals surface area contributed by atoms with E-state index in [1.807, 2.05) is 31.2 Å². The molecule has 6 heteroatoms. The molecule has 2 aromatic rings. The van der Waals surface area contributed by atoms with Crippen molar-refractivity contribution in [3.8, 4) is 11.5 Å². The molecule has 0 saturated carbocycles. The number of hydrogen-bond donors (Lipinski definition) is 2. The smallest absolute Gasteiger partial charge is 0.387 e. The highest BCUT2D eigenvalue weighted by atomic mass is 19.3. The van der Waals surface area contributed by atoms with Gasteiger partial charge in [-0.2, -0.15) is 8.78 Å². The fourth-order valence-electron chi connectivity index (χ4n) is 3.18. The third kappa shape index (κ3) is 3.75. The first-order chi connectivity index (χ1) is 12.0. The molecule has 3 rings (SSSR count). The number of nitrogens with one attached hydrogen (secondary N) is 1. The molecule has 134 valence electrons. The van der Waals surface area contributed by atoms with E-state index < -0.39 is 12.2 Å². The highest BCUT2D eigenvalue weighted by molar-refractivity contribution is 5.42. The van der Waals surface area contributed by atoms with Crippen LogP contribution in [0.25, 0.3) is 0 Å². The van der Waals surface area contributed by atoms with Crippen LogP contribution in [0.2, 0.25) is 0 Å². The molecular weight excluding hydrogens is 328 g/mol. The number of aliphatic hydroxyl groups excluding tert-OH is 1. The van der Waals surface area contributed by atoms with Gasteiger partial charge in [0.2, 0.25) is 0 Å². The summed E-state index contributed by atoms with van der Waals surface area (Å²) in [6.07, 6.45) is 0.581. The maximum atomic E-state index is 12.6. The van der Waals surface area contributed by atoms with Gasteiger partial charge >= 0.3 is 6.61 Å². The summed E-state index contributed by atoms with van der Waals surface area (Å²) in [5, 5.41) is 13.4. The molecule has 2 N–H and O–H groups in total. The van der Waals surface area contributed by atoms with E-state index in [0.717, 1.165) is 16.9 Å². The highest BCUT2D eigenvalue weighted by Crippen LogP contribution is 2.37. The van der Waals surface area contributed by atoms with Crippen LogP contribution >= 0.6 is 0 Å². The lowest BCUT2D eigenvalue weighted by molar-refractivity contribution is -0.0506. The van der Waals surface area contributed by atoms with Crippen LogP contribution in [0.15, 0.2) is 42.5 Å². The number of fused-ring (bicyclic) bond motifs is 1. The average molecular weight is 349 g/mol. The Labute approximate surface area is 145 Å². The molecule has 0 fully saturated rings. The Kier molecular flexibility index (Phi) is 5.20. The van der Waals surface area contributed by atoms with Gasteiger partial charge in [-0.05, 0) is 19.1 Å². The van der Waals surface area contributed by atoms with E-state index in [9.17, 15) is 13.9 Å². The Bertz CT molecular complexity index is 738. The minimum Gasteiger partial charge on any atom is -0.493 e. The topological polar surface area (TPSA) is 50.7 Å². The molecule has 1 unspecified atom stereocenters. The van der Waals surface area contributed by atoms with Crippen LogP contribution in [0.5, 0.6) is 11.5 Å². The number of para-hydroxylation sites is 1. The molecule has 1 aliphatic heterocycles. The monoisotopic (exact) mass is 349 g/mol. The first-order valence-electron chi connectivity index (χ1n) is 8.16. The molecule has 0 radical (unpaired) electrons. The van der Waals surface area contributed by atoms with Crippen LogP contribution in [0.3, 0.4) is 0 Å². The molecular formula is C19H21F2NO3. The van der Waals surface area contributed by atoms with Crippen molar-refractivity contribution >= 4 is 0 Å². The summed E-state index contributed by atoms with van der Waals surface area (Å²) in [5.41, 5.74) is 1.76. The Morgan fingerprint density at radius 1 is 1.28 bits per heavy atom. The van der Waals surface area contributed by atoms with Crippen LogP contribution in [0.4, 0.5) is 8.78 Å². The number of hydrogen-bond acceptors (Lipinski definition) is 4. The predicted molar refractivity (Wildman–Crippen MR) is 90.0 cm³/mol. The van der Waals surface area contributed by atoms with Crippen molar-refractivity contribution in [2.75, 3.05) is 13.2 Å². The van der Waals surface area contributed by atoms with E-state index >= 15 is 0 Å². The van der Waals surface area contributed by atoms with Gasteiger partial charge in [-0.25, -0.2) is 0 Å². The van der Waals surface area contributed by atoms with Crippen LogP contribution in [0.1, 0.15) is 23.1 Å². The Hall–Kier alpha value is -2.18. The first-order valence-corrected chi connectivity index (χ1v) is 8.16. The normalized spacial score (nSPS) is 19.4. The van der Waals surface area contributed by atoms with Crippen molar-refractivity contribution in [2.24, 2.45) is 0 Å². The summed E-state index contributed by atoms with van der Waals surface area (Å²) in [6.45, 7) is -0.347. The third-order valence-corrected chi connectivity index (χ3v) is 4.51. The van der Waals surface area contributed by atoms with Crippen molar-refractivity contribution in [2.45, 2.75) is 32.0 Å². The van der Waals surface area contributed by atoms with E-state index in [1.165, 1.54) is 0 Å². The maximum absolute atomic E-state index is 12.6. The van der Waals surface area contributed by atoms with Crippen molar-refractivity contribution < 1.29 is 23.4 Å². The molecule has 2 aromatic carbocycles. The van der Waals surface area contributed by atoms with Gasteiger partial charge < -0.3 is 19.9 Å². The molecule has 25 heavy (non-hydrogen) atoms. The number of halogens is 2. The fourth-order valence-corrected chi connectivity index (χ4v) is 3.18. The SMILES string of the molecule is Cc1ccc(OC(F)F)c(CNC2(CO)CCOc3ccccc32)c1. The van der Waals surface area contributed by atoms with Crippen LogP contribution in [0, 0.1) is 6.92 Å². The molecule has 1 aliphatic rings. The van der Waals surface area contributed by atoms with Crippen molar-refractivity contribution in [3.05, 3.63) is 59.2 Å². The standard InChI is InChI=1S/C19H21F2NO3/c1-13-6-7-16(25-18(20)21)14(10-13)11-22-19(12-23)8-9-24-17-5-3-2-4-15(17)19/h2-7,10,18,22-23H,8-9,11-12H2,1H3.